The first kappa shape index (κ1) is 9.61. The molecule has 0 aliphatic carbocycles. The molecule has 1 aliphatic heterocycles. The summed E-state index contributed by atoms with van der Waals surface area (Å²) in [5.74, 6) is 0. The number of fused-ring (bicyclic) bond motifs is 1. The van der Waals surface area contributed by atoms with Gasteiger partial charge in [-0.2, -0.15) is 0 Å². The van der Waals surface area contributed by atoms with Gasteiger partial charge in [0.05, 0.1) is 5.69 Å². The van der Waals surface area contributed by atoms with Gasteiger partial charge in [-0.15, -0.1) is 0 Å². The highest BCUT2D eigenvalue weighted by Crippen LogP contribution is 2.40. The summed E-state index contributed by atoms with van der Waals surface area (Å²) >= 11 is 6.54. The van der Waals surface area contributed by atoms with Crippen LogP contribution in [0.4, 0.5) is 5.69 Å². The quantitative estimate of drug-likeness (QED) is 0.706. The summed E-state index contributed by atoms with van der Waals surface area (Å²) < 4.78 is 0. The molecule has 1 aromatic carbocycles. The molecular formula is C9H11N3S2. The topological polar surface area (TPSA) is 41.3 Å². The Morgan fingerprint density at radius 2 is 2.29 bits per heavy atom. The van der Waals surface area contributed by atoms with Crippen molar-refractivity contribution in [1.29, 1.82) is 0 Å². The SMILES string of the molecule is CN1c2ccccc2SC1NC(N)=S. The van der Waals surface area contributed by atoms with Crippen molar-refractivity contribution in [2.24, 2.45) is 5.73 Å². The van der Waals surface area contributed by atoms with E-state index in [4.69, 9.17) is 18.0 Å². The highest BCUT2D eigenvalue weighted by molar-refractivity contribution is 8.00. The van der Waals surface area contributed by atoms with Crippen LogP contribution in [0, 0.1) is 0 Å². The number of hydrogen-bond donors (Lipinski definition) is 2. The molecule has 3 nitrogen and oxygen atoms in total. The number of benzene rings is 1. The third-order valence-electron chi connectivity index (χ3n) is 2.10. The molecule has 0 bridgehead atoms. The van der Waals surface area contributed by atoms with Crippen molar-refractivity contribution >= 4 is 34.8 Å². The Kier molecular flexibility index (Phi) is 2.52. The van der Waals surface area contributed by atoms with E-state index in [0.717, 1.165) is 0 Å². The molecule has 0 saturated carbocycles. The Hall–Kier alpha value is -0.940. The maximum absolute atomic E-state index is 5.45. The van der Waals surface area contributed by atoms with Gasteiger partial charge in [0.1, 0.15) is 0 Å². The van der Waals surface area contributed by atoms with Crippen molar-refractivity contribution in [2.45, 2.75) is 10.4 Å². The van der Waals surface area contributed by atoms with Crippen LogP contribution < -0.4 is 16.0 Å². The number of nitrogens with two attached hydrogens (primary N) is 1. The minimum atomic E-state index is 0.116. The predicted molar refractivity (Wildman–Crippen MR) is 64.4 cm³/mol. The molecule has 0 aromatic heterocycles. The normalized spacial score (nSPS) is 19.2. The predicted octanol–water partition coefficient (Wildman–Crippen LogP) is 1.35. The van der Waals surface area contributed by atoms with E-state index in [1.165, 1.54) is 10.6 Å². The standard InChI is InChI=1S/C9H11N3S2/c1-12-6-4-2-3-5-7(6)14-9(12)11-8(10)13/h2-5,9H,1H3,(H3,10,11,13). The van der Waals surface area contributed by atoms with E-state index >= 15 is 0 Å². The van der Waals surface area contributed by atoms with Crippen molar-refractivity contribution in [2.75, 3.05) is 11.9 Å². The molecule has 0 saturated heterocycles. The summed E-state index contributed by atoms with van der Waals surface area (Å²) in [4.78, 5) is 3.38. The zero-order valence-electron chi connectivity index (χ0n) is 7.73. The first-order valence-corrected chi connectivity index (χ1v) is 5.52. The van der Waals surface area contributed by atoms with Gasteiger partial charge in [-0.25, -0.2) is 0 Å². The Balaban J connectivity index is 2.21. The van der Waals surface area contributed by atoms with Crippen molar-refractivity contribution < 1.29 is 0 Å². The maximum atomic E-state index is 5.45. The fraction of sp³-hybridized carbons (Fsp3) is 0.222. The highest BCUT2D eigenvalue weighted by atomic mass is 32.2. The van der Waals surface area contributed by atoms with Crippen LogP contribution >= 0.6 is 24.0 Å². The van der Waals surface area contributed by atoms with E-state index in [-0.39, 0.29) is 5.50 Å². The van der Waals surface area contributed by atoms with Crippen LogP contribution in [0.2, 0.25) is 0 Å². The van der Waals surface area contributed by atoms with E-state index in [9.17, 15) is 0 Å². The van der Waals surface area contributed by atoms with Gasteiger partial charge in [0.2, 0.25) is 0 Å². The average molecular weight is 225 g/mol. The van der Waals surface area contributed by atoms with E-state index < -0.39 is 0 Å². The second-order valence-corrected chi connectivity index (χ2v) is 4.62. The third kappa shape index (κ3) is 1.65. The lowest BCUT2D eigenvalue weighted by Gasteiger charge is -2.22. The molecule has 1 aromatic rings. The van der Waals surface area contributed by atoms with Gasteiger partial charge in [0, 0.05) is 11.9 Å². The van der Waals surface area contributed by atoms with Crippen LogP contribution in [-0.2, 0) is 0 Å². The van der Waals surface area contributed by atoms with Gasteiger partial charge in [-0.3, -0.25) is 0 Å². The van der Waals surface area contributed by atoms with Crippen LogP contribution in [0.1, 0.15) is 0 Å². The van der Waals surface area contributed by atoms with Gasteiger partial charge in [0.15, 0.2) is 10.6 Å². The molecule has 0 fully saturated rings. The van der Waals surface area contributed by atoms with E-state index in [1.807, 2.05) is 19.2 Å². The van der Waals surface area contributed by atoms with Gasteiger partial charge in [-0.05, 0) is 24.4 Å². The van der Waals surface area contributed by atoms with E-state index in [1.54, 1.807) is 11.8 Å². The number of nitrogens with one attached hydrogen (secondary N) is 1. The van der Waals surface area contributed by atoms with Crippen molar-refractivity contribution in [3.05, 3.63) is 24.3 Å². The summed E-state index contributed by atoms with van der Waals surface area (Å²) in [7, 11) is 2.02. The van der Waals surface area contributed by atoms with Gasteiger partial charge < -0.3 is 16.0 Å². The highest BCUT2D eigenvalue weighted by Gasteiger charge is 2.26. The molecule has 2 rings (SSSR count). The fourth-order valence-electron chi connectivity index (χ4n) is 1.42. The van der Waals surface area contributed by atoms with Gasteiger partial charge in [0.25, 0.3) is 0 Å². The number of nitrogens with zero attached hydrogens (tertiary/aromatic N) is 1. The van der Waals surface area contributed by atoms with Crippen LogP contribution in [0.15, 0.2) is 29.2 Å². The summed E-state index contributed by atoms with van der Waals surface area (Å²) in [6, 6.07) is 8.24. The smallest absolute Gasteiger partial charge is 0.165 e. The molecule has 0 radical (unpaired) electrons. The molecule has 74 valence electrons. The Labute approximate surface area is 92.7 Å². The van der Waals surface area contributed by atoms with Crippen molar-refractivity contribution in [3.8, 4) is 0 Å². The van der Waals surface area contributed by atoms with Crippen LogP contribution in [-0.4, -0.2) is 17.7 Å². The van der Waals surface area contributed by atoms with Crippen molar-refractivity contribution in [1.82, 2.24) is 5.32 Å². The number of hydrogen-bond acceptors (Lipinski definition) is 3. The zero-order chi connectivity index (χ0) is 10.1. The molecule has 1 aliphatic rings. The average Bonchev–Trinajstić information content (AvgIpc) is 2.44. The maximum Gasteiger partial charge on any atom is 0.165 e. The number of rotatable bonds is 1. The molecule has 1 atom stereocenters. The lowest BCUT2D eigenvalue weighted by molar-refractivity contribution is 0.801. The number of thioether (sulfide) groups is 1. The molecule has 1 unspecified atom stereocenters. The number of thiocarbonyl (C=S) groups is 1. The lowest BCUT2D eigenvalue weighted by atomic mass is 10.3. The summed E-state index contributed by atoms with van der Waals surface area (Å²) in [6.07, 6.45) is 0. The minimum Gasteiger partial charge on any atom is -0.376 e. The second-order valence-electron chi connectivity index (χ2n) is 3.06. The zero-order valence-corrected chi connectivity index (χ0v) is 9.36. The Bertz CT molecular complexity index is 367. The lowest BCUT2D eigenvalue weighted by Crippen LogP contribution is -2.44. The number of anilines is 1. The molecule has 0 amide bonds. The number of para-hydroxylation sites is 1. The molecule has 3 N–H and O–H groups in total. The van der Waals surface area contributed by atoms with E-state index in [0.29, 0.717) is 5.11 Å². The molecule has 1 heterocycles. The summed E-state index contributed by atoms with van der Waals surface area (Å²) in [5.41, 5.74) is 6.78. The molecule has 14 heavy (non-hydrogen) atoms. The summed E-state index contributed by atoms with van der Waals surface area (Å²) in [6.45, 7) is 0. The third-order valence-corrected chi connectivity index (χ3v) is 3.48. The van der Waals surface area contributed by atoms with Gasteiger partial charge >= 0.3 is 0 Å². The second kappa shape index (κ2) is 3.67. The fourth-order valence-corrected chi connectivity index (χ4v) is 2.80. The molecular weight excluding hydrogens is 214 g/mol. The Morgan fingerprint density at radius 3 is 2.93 bits per heavy atom. The minimum absolute atomic E-state index is 0.116. The first-order valence-electron chi connectivity index (χ1n) is 4.23. The van der Waals surface area contributed by atoms with Crippen LogP contribution in [0.3, 0.4) is 0 Å². The van der Waals surface area contributed by atoms with Crippen LogP contribution in [0.25, 0.3) is 0 Å². The monoisotopic (exact) mass is 225 g/mol. The van der Waals surface area contributed by atoms with Crippen LogP contribution in [0.5, 0.6) is 0 Å². The van der Waals surface area contributed by atoms with E-state index in [2.05, 4.69) is 22.3 Å². The first-order chi connectivity index (χ1) is 6.68. The molecule has 0 spiro atoms. The van der Waals surface area contributed by atoms with Crippen molar-refractivity contribution in [3.63, 3.8) is 0 Å². The molecule has 5 heteroatoms. The summed E-state index contributed by atoms with van der Waals surface area (Å²) in [5, 5.41) is 3.37. The Morgan fingerprint density at radius 1 is 1.57 bits per heavy atom. The largest absolute Gasteiger partial charge is 0.376 e. The van der Waals surface area contributed by atoms with Gasteiger partial charge in [-0.1, -0.05) is 23.9 Å².